The molecule has 1 aliphatic heterocycles. The Morgan fingerprint density at radius 1 is 0.612 bits per heavy atom. The number of benzene rings is 3. The van der Waals surface area contributed by atoms with E-state index in [4.69, 9.17) is 19.8 Å². The van der Waals surface area contributed by atoms with E-state index in [1.54, 1.807) is 0 Å². The predicted octanol–water partition coefficient (Wildman–Crippen LogP) is 6.59. The van der Waals surface area contributed by atoms with Crippen LogP contribution in [0.15, 0.2) is 103 Å². The Labute approximate surface area is 277 Å². The van der Waals surface area contributed by atoms with Gasteiger partial charge in [-0.3, -0.25) is 19.6 Å². The number of amides is 1. The Bertz CT molecular complexity index is 1600. The lowest BCUT2D eigenvalue weighted by atomic mass is 10.0. The average Bonchev–Trinajstić information content (AvgIpc) is 3.07. The van der Waals surface area contributed by atoms with Crippen LogP contribution in [-0.2, 0) is 22.7 Å². The van der Waals surface area contributed by atoms with Gasteiger partial charge in [0.15, 0.2) is 0 Å². The normalized spacial score (nSPS) is 13.6. The number of rotatable bonds is 7. The van der Waals surface area contributed by atoms with Crippen molar-refractivity contribution in [2.45, 2.75) is 25.4 Å². The van der Waals surface area contributed by atoms with E-state index in [1.807, 2.05) is 67.0 Å². The van der Waals surface area contributed by atoms with E-state index in [9.17, 15) is 31.1 Å². The predicted molar refractivity (Wildman–Crippen MR) is 168 cm³/mol. The number of alkyl halides is 6. The second kappa shape index (κ2) is 17.8. The highest BCUT2D eigenvalue weighted by atomic mass is 19.4. The number of nitrogens with one attached hydrogen (secondary N) is 1. The molecule has 5 rings (SSSR count). The third-order valence-corrected chi connectivity index (χ3v) is 6.98. The molecule has 15 heteroatoms. The van der Waals surface area contributed by atoms with Gasteiger partial charge in [-0.1, -0.05) is 54.6 Å². The maximum absolute atomic E-state index is 12.5. The first-order chi connectivity index (χ1) is 23.1. The van der Waals surface area contributed by atoms with Crippen LogP contribution in [0.5, 0.6) is 0 Å². The third-order valence-electron chi connectivity index (χ3n) is 6.98. The molecule has 1 saturated heterocycles. The van der Waals surface area contributed by atoms with E-state index in [1.165, 1.54) is 11.1 Å². The van der Waals surface area contributed by atoms with Crippen molar-refractivity contribution in [3.8, 4) is 11.1 Å². The van der Waals surface area contributed by atoms with E-state index in [0.29, 0.717) is 5.56 Å². The molecule has 3 N–H and O–H groups in total. The van der Waals surface area contributed by atoms with E-state index in [0.717, 1.165) is 56.1 Å². The molecule has 49 heavy (non-hydrogen) atoms. The molecule has 2 heterocycles. The zero-order valence-corrected chi connectivity index (χ0v) is 25.8. The maximum Gasteiger partial charge on any atom is 0.490 e. The summed E-state index contributed by atoms with van der Waals surface area (Å²) in [4.78, 5) is 39.4. The molecule has 0 atom stereocenters. The topological polar surface area (TPSA) is 123 Å². The largest absolute Gasteiger partial charge is 0.490 e. The Hall–Kier alpha value is -5.28. The molecular formula is C34H32F6N4O5. The van der Waals surface area contributed by atoms with Gasteiger partial charge in [-0.15, -0.1) is 0 Å². The molecule has 9 nitrogen and oxygen atoms in total. The monoisotopic (exact) mass is 690 g/mol. The van der Waals surface area contributed by atoms with Gasteiger partial charge in [0.25, 0.3) is 5.91 Å². The number of hydrogen-bond acceptors (Lipinski definition) is 6. The standard InChI is InChI=1S/C30H30N4O.2C2HF3O2/c35-30(32-29-4-2-1-3-5-29)28-12-10-27(11-13-28)26-8-6-24(7-9-26)22-33-18-20-34(21-19-33)23-25-14-16-31-17-15-25;2*3-2(4,5)1(6)7/h1-17H,18-23H2,(H,32,35);2*(H,6,7). The number of carbonyl (C=O) groups excluding carboxylic acids is 1. The summed E-state index contributed by atoms with van der Waals surface area (Å²) in [5.41, 5.74) is 6.37. The van der Waals surface area contributed by atoms with Crippen molar-refractivity contribution in [3.05, 3.63) is 120 Å². The second-order valence-electron chi connectivity index (χ2n) is 10.6. The second-order valence-corrected chi connectivity index (χ2v) is 10.6. The summed E-state index contributed by atoms with van der Waals surface area (Å²) >= 11 is 0. The summed E-state index contributed by atoms with van der Waals surface area (Å²) in [6.45, 7) is 6.31. The number of aromatic nitrogens is 1. The fraction of sp³-hybridized carbons (Fsp3) is 0.235. The van der Waals surface area contributed by atoms with Crippen molar-refractivity contribution in [3.63, 3.8) is 0 Å². The number of hydrogen-bond donors (Lipinski definition) is 3. The zero-order chi connectivity index (χ0) is 36.0. The molecule has 4 aromatic rings. The highest BCUT2D eigenvalue weighted by Crippen LogP contribution is 2.22. The van der Waals surface area contributed by atoms with Gasteiger partial charge in [-0.05, 0) is 58.7 Å². The number of halogens is 6. The number of carbonyl (C=O) groups is 3. The Morgan fingerprint density at radius 3 is 1.41 bits per heavy atom. The van der Waals surface area contributed by atoms with Crippen LogP contribution in [0.1, 0.15) is 21.5 Å². The fourth-order valence-electron chi connectivity index (χ4n) is 4.45. The molecule has 0 unspecified atom stereocenters. The van der Waals surface area contributed by atoms with Crippen LogP contribution < -0.4 is 5.32 Å². The molecule has 3 aromatic carbocycles. The van der Waals surface area contributed by atoms with Gasteiger partial charge < -0.3 is 15.5 Å². The Morgan fingerprint density at radius 2 is 1.00 bits per heavy atom. The number of pyridine rings is 1. The van der Waals surface area contributed by atoms with Crippen LogP contribution in [-0.4, -0.2) is 81.4 Å². The molecule has 0 saturated carbocycles. The molecule has 0 radical (unpaired) electrons. The zero-order valence-electron chi connectivity index (χ0n) is 25.8. The van der Waals surface area contributed by atoms with Crippen molar-refractivity contribution in [2.24, 2.45) is 0 Å². The minimum absolute atomic E-state index is 0.0982. The molecular weight excluding hydrogens is 658 g/mol. The molecule has 0 spiro atoms. The highest BCUT2D eigenvalue weighted by Gasteiger charge is 2.38. The first-order valence-electron chi connectivity index (χ1n) is 14.6. The number of nitrogens with zero attached hydrogens (tertiary/aromatic N) is 3. The van der Waals surface area contributed by atoms with Crippen LogP contribution in [0.4, 0.5) is 32.0 Å². The molecule has 0 aliphatic carbocycles. The van der Waals surface area contributed by atoms with Gasteiger partial charge in [0.2, 0.25) is 0 Å². The SMILES string of the molecule is O=C(Nc1ccccc1)c1ccc(-c2ccc(CN3CCN(Cc4ccncc4)CC3)cc2)cc1.O=C(O)C(F)(F)F.O=C(O)C(F)(F)F. The van der Waals surface area contributed by atoms with Crippen molar-refractivity contribution in [2.75, 3.05) is 31.5 Å². The number of anilines is 1. The first kappa shape index (κ1) is 38.2. The first-order valence-corrected chi connectivity index (χ1v) is 14.6. The van der Waals surface area contributed by atoms with E-state index >= 15 is 0 Å². The number of carboxylic acid groups (broad SMARTS) is 2. The average molecular weight is 691 g/mol. The molecule has 260 valence electrons. The molecule has 0 bridgehead atoms. The van der Waals surface area contributed by atoms with Crippen LogP contribution in [0.2, 0.25) is 0 Å². The summed E-state index contributed by atoms with van der Waals surface area (Å²) in [5.74, 6) is -5.61. The summed E-state index contributed by atoms with van der Waals surface area (Å²) in [6, 6.07) is 30.3. The maximum atomic E-state index is 12.5. The quantitative estimate of drug-likeness (QED) is 0.186. The van der Waals surface area contributed by atoms with Gasteiger partial charge >= 0.3 is 24.3 Å². The van der Waals surface area contributed by atoms with E-state index in [-0.39, 0.29) is 5.91 Å². The number of para-hydroxylation sites is 1. The van der Waals surface area contributed by atoms with Gasteiger partial charge in [0.05, 0.1) is 0 Å². The number of carboxylic acids is 2. The van der Waals surface area contributed by atoms with Crippen LogP contribution in [0, 0.1) is 0 Å². The van der Waals surface area contributed by atoms with Gasteiger partial charge in [0, 0.05) is 62.9 Å². The fourth-order valence-corrected chi connectivity index (χ4v) is 4.45. The number of piperazine rings is 1. The van der Waals surface area contributed by atoms with Crippen molar-refractivity contribution >= 4 is 23.5 Å². The van der Waals surface area contributed by atoms with Crippen molar-refractivity contribution < 1.29 is 50.9 Å². The summed E-state index contributed by atoms with van der Waals surface area (Å²) in [7, 11) is 0. The lowest BCUT2D eigenvalue weighted by molar-refractivity contribution is -0.193. The Kier molecular flexibility index (Phi) is 13.8. The summed E-state index contributed by atoms with van der Waals surface area (Å²) in [6.07, 6.45) is -6.43. The molecule has 1 fully saturated rings. The van der Waals surface area contributed by atoms with Gasteiger partial charge in [-0.25, -0.2) is 9.59 Å². The Balaban J connectivity index is 0.000000392. The summed E-state index contributed by atoms with van der Waals surface area (Å²) < 4.78 is 63.5. The lowest BCUT2D eigenvalue weighted by Crippen LogP contribution is -2.45. The smallest absolute Gasteiger partial charge is 0.475 e. The molecule has 1 amide bonds. The third kappa shape index (κ3) is 13.4. The molecule has 1 aliphatic rings. The van der Waals surface area contributed by atoms with Crippen LogP contribution in [0.3, 0.4) is 0 Å². The lowest BCUT2D eigenvalue weighted by Gasteiger charge is -2.34. The highest BCUT2D eigenvalue weighted by molar-refractivity contribution is 6.04. The molecule has 1 aromatic heterocycles. The minimum atomic E-state index is -5.08. The number of aliphatic carboxylic acids is 2. The van der Waals surface area contributed by atoms with Crippen LogP contribution in [0.25, 0.3) is 11.1 Å². The van der Waals surface area contributed by atoms with Gasteiger partial charge in [0.1, 0.15) is 0 Å². The van der Waals surface area contributed by atoms with Crippen LogP contribution >= 0.6 is 0 Å². The summed E-state index contributed by atoms with van der Waals surface area (Å²) in [5, 5.41) is 17.2. The van der Waals surface area contributed by atoms with Crippen molar-refractivity contribution in [1.82, 2.24) is 14.8 Å². The van der Waals surface area contributed by atoms with E-state index < -0.39 is 24.3 Å². The van der Waals surface area contributed by atoms with E-state index in [2.05, 4.69) is 56.5 Å². The van der Waals surface area contributed by atoms with Crippen molar-refractivity contribution in [1.29, 1.82) is 0 Å². The minimum Gasteiger partial charge on any atom is -0.475 e. The van der Waals surface area contributed by atoms with Gasteiger partial charge in [-0.2, -0.15) is 26.3 Å².